The summed E-state index contributed by atoms with van der Waals surface area (Å²) in [6.45, 7) is 2.77. The van der Waals surface area contributed by atoms with Gasteiger partial charge in [-0.2, -0.15) is 5.26 Å². The van der Waals surface area contributed by atoms with Gasteiger partial charge in [0.1, 0.15) is 0 Å². The summed E-state index contributed by atoms with van der Waals surface area (Å²) in [5.41, 5.74) is 1.27. The third-order valence-corrected chi connectivity index (χ3v) is 3.30. The fraction of sp³-hybridized carbons (Fsp3) is 0.500. The van der Waals surface area contributed by atoms with Gasteiger partial charge in [-0.05, 0) is 17.9 Å². The van der Waals surface area contributed by atoms with Crippen LogP contribution in [0.1, 0.15) is 12.0 Å². The topological polar surface area (TPSA) is 47.3 Å². The van der Waals surface area contributed by atoms with Gasteiger partial charge in [0.05, 0.1) is 12.0 Å². The zero-order valence-electron chi connectivity index (χ0n) is 9.92. The minimum Gasteiger partial charge on any atom is -0.396 e. The molecule has 2 rings (SSSR count). The van der Waals surface area contributed by atoms with Crippen LogP contribution in [0.15, 0.2) is 30.3 Å². The largest absolute Gasteiger partial charge is 0.396 e. The van der Waals surface area contributed by atoms with E-state index in [1.54, 1.807) is 0 Å². The Hall–Kier alpha value is -1.37. The van der Waals surface area contributed by atoms with Crippen molar-refractivity contribution in [1.82, 2.24) is 4.90 Å². The number of nitriles is 1. The van der Waals surface area contributed by atoms with E-state index in [9.17, 15) is 5.11 Å². The van der Waals surface area contributed by atoms with Crippen LogP contribution in [0.3, 0.4) is 0 Å². The molecule has 2 atom stereocenters. The van der Waals surface area contributed by atoms with Crippen molar-refractivity contribution in [2.75, 3.05) is 19.7 Å². The third kappa shape index (κ3) is 3.29. The molecule has 1 aliphatic rings. The van der Waals surface area contributed by atoms with E-state index >= 15 is 0 Å². The van der Waals surface area contributed by atoms with Crippen LogP contribution in [-0.2, 0) is 6.54 Å². The molecule has 17 heavy (non-hydrogen) atoms. The van der Waals surface area contributed by atoms with E-state index in [0.29, 0.717) is 0 Å². The highest BCUT2D eigenvalue weighted by molar-refractivity contribution is 5.14. The Labute approximate surface area is 102 Å². The first-order valence-corrected chi connectivity index (χ1v) is 6.08. The Balaban J connectivity index is 1.98. The molecule has 1 aromatic carbocycles. The molecule has 3 heteroatoms. The van der Waals surface area contributed by atoms with Gasteiger partial charge in [-0.15, -0.1) is 0 Å². The molecule has 90 valence electrons. The first-order valence-electron chi connectivity index (χ1n) is 6.08. The first-order chi connectivity index (χ1) is 8.31. The number of rotatable bonds is 3. The van der Waals surface area contributed by atoms with Gasteiger partial charge in [-0.25, -0.2) is 0 Å². The second-order valence-corrected chi connectivity index (χ2v) is 4.79. The predicted octanol–water partition coefficient (Wildman–Crippen LogP) is 1.64. The third-order valence-electron chi connectivity index (χ3n) is 3.30. The molecule has 0 amide bonds. The highest BCUT2D eigenvalue weighted by Gasteiger charge is 2.26. The number of piperidine rings is 1. The summed E-state index contributed by atoms with van der Waals surface area (Å²) in [6.07, 6.45) is 0.832. The lowest BCUT2D eigenvalue weighted by atomic mass is 9.90. The van der Waals surface area contributed by atoms with Crippen LogP contribution in [0, 0.1) is 23.2 Å². The summed E-state index contributed by atoms with van der Waals surface area (Å²) < 4.78 is 0. The second kappa shape index (κ2) is 5.81. The lowest BCUT2D eigenvalue weighted by Gasteiger charge is -2.34. The molecule has 1 aliphatic heterocycles. The number of hydrogen-bond acceptors (Lipinski definition) is 3. The van der Waals surface area contributed by atoms with Crippen molar-refractivity contribution >= 4 is 0 Å². The Morgan fingerprint density at radius 2 is 2.06 bits per heavy atom. The molecule has 0 aromatic heterocycles. The maximum atomic E-state index is 9.25. The van der Waals surface area contributed by atoms with Gasteiger partial charge >= 0.3 is 0 Å². The minimum absolute atomic E-state index is 0.0598. The predicted molar refractivity (Wildman–Crippen MR) is 66.0 cm³/mol. The molecule has 1 saturated heterocycles. The standard InChI is InChI=1S/C14H18N2O/c15-7-13-6-14(11-17)10-16(9-13)8-12-4-2-1-3-5-12/h1-5,13-14,17H,6,8-11H2/t13-,14-/m1/s1. The molecule has 0 bridgehead atoms. The number of hydrogen-bond donors (Lipinski definition) is 1. The fourth-order valence-corrected chi connectivity index (χ4v) is 2.50. The highest BCUT2D eigenvalue weighted by atomic mass is 16.3. The monoisotopic (exact) mass is 230 g/mol. The average Bonchev–Trinajstić information content (AvgIpc) is 2.39. The summed E-state index contributed by atoms with van der Waals surface area (Å²) in [4.78, 5) is 2.27. The number of nitrogens with zero attached hydrogens (tertiary/aromatic N) is 2. The highest BCUT2D eigenvalue weighted by Crippen LogP contribution is 2.22. The van der Waals surface area contributed by atoms with Crippen molar-refractivity contribution in [1.29, 1.82) is 5.26 Å². The Morgan fingerprint density at radius 1 is 1.29 bits per heavy atom. The van der Waals surface area contributed by atoms with Crippen LogP contribution in [0.5, 0.6) is 0 Å². The maximum absolute atomic E-state index is 9.25. The molecule has 1 heterocycles. The summed E-state index contributed by atoms with van der Waals surface area (Å²) in [7, 11) is 0. The Morgan fingerprint density at radius 3 is 2.71 bits per heavy atom. The van der Waals surface area contributed by atoms with Crippen LogP contribution in [0.2, 0.25) is 0 Å². The van der Waals surface area contributed by atoms with Gasteiger partial charge in [-0.3, -0.25) is 4.90 Å². The zero-order chi connectivity index (χ0) is 12.1. The van der Waals surface area contributed by atoms with Gasteiger partial charge in [0.2, 0.25) is 0 Å². The van der Waals surface area contributed by atoms with Crippen molar-refractivity contribution in [3.63, 3.8) is 0 Å². The van der Waals surface area contributed by atoms with Gasteiger partial charge in [-0.1, -0.05) is 30.3 Å². The Kier molecular flexibility index (Phi) is 4.13. The molecule has 0 aliphatic carbocycles. The molecule has 1 N–H and O–H groups in total. The summed E-state index contributed by atoms with van der Waals surface area (Å²) in [6, 6.07) is 12.6. The van der Waals surface area contributed by atoms with Crippen molar-refractivity contribution in [2.45, 2.75) is 13.0 Å². The molecule has 3 nitrogen and oxygen atoms in total. The summed E-state index contributed by atoms with van der Waals surface area (Å²) in [5, 5.41) is 18.3. The summed E-state index contributed by atoms with van der Waals surface area (Å²) in [5.74, 6) is 0.307. The van der Waals surface area contributed by atoms with Gasteiger partial charge in [0.25, 0.3) is 0 Å². The zero-order valence-corrected chi connectivity index (χ0v) is 9.92. The van der Waals surface area contributed by atoms with E-state index in [1.807, 2.05) is 18.2 Å². The van der Waals surface area contributed by atoms with E-state index in [2.05, 4.69) is 23.1 Å². The van der Waals surface area contributed by atoms with E-state index in [1.165, 1.54) is 5.56 Å². The van der Waals surface area contributed by atoms with Crippen molar-refractivity contribution < 1.29 is 5.11 Å². The van der Waals surface area contributed by atoms with E-state index in [-0.39, 0.29) is 18.4 Å². The molecule has 0 unspecified atom stereocenters. The van der Waals surface area contributed by atoms with Crippen LogP contribution in [0.25, 0.3) is 0 Å². The maximum Gasteiger partial charge on any atom is 0.0669 e. The van der Waals surface area contributed by atoms with Crippen molar-refractivity contribution in [3.8, 4) is 6.07 Å². The number of aliphatic hydroxyl groups is 1. The van der Waals surface area contributed by atoms with E-state index in [0.717, 1.165) is 26.1 Å². The van der Waals surface area contributed by atoms with Crippen LogP contribution in [-0.4, -0.2) is 29.7 Å². The Bertz CT molecular complexity index is 385. The average molecular weight is 230 g/mol. The van der Waals surface area contributed by atoms with Gasteiger partial charge < -0.3 is 5.11 Å². The van der Waals surface area contributed by atoms with Crippen LogP contribution < -0.4 is 0 Å². The van der Waals surface area contributed by atoms with Crippen LogP contribution in [0.4, 0.5) is 0 Å². The lowest BCUT2D eigenvalue weighted by Crippen LogP contribution is -2.40. The van der Waals surface area contributed by atoms with Crippen LogP contribution >= 0.6 is 0 Å². The normalized spacial score (nSPS) is 25.4. The molecule has 0 radical (unpaired) electrons. The number of benzene rings is 1. The minimum atomic E-state index is 0.0598. The second-order valence-electron chi connectivity index (χ2n) is 4.79. The molecular formula is C14H18N2O. The summed E-state index contributed by atoms with van der Waals surface area (Å²) >= 11 is 0. The van der Waals surface area contributed by atoms with Gasteiger partial charge in [0, 0.05) is 26.2 Å². The molecule has 0 saturated carbocycles. The van der Waals surface area contributed by atoms with Crippen molar-refractivity contribution in [3.05, 3.63) is 35.9 Å². The van der Waals surface area contributed by atoms with Crippen molar-refractivity contribution in [2.24, 2.45) is 11.8 Å². The number of aliphatic hydroxyl groups excluding tert-OH is 1. The molecule has 0 spiro atoms. The molecular weight excluding hydrogens is 212 g/mol. The first kappa shape index (κ1) is 12.1. The molecule has 1 aromatic rings. The van der Waals surface area contributed by atoms with Gasteiger partial charge in [0.15, 0.2) is 0 Å². The number of likely N-dealkylation sites (tertiary alicyclic amines) is 1. The fourth-order valence-electron chi connectivity index (χ4n) is 2.50. The quantitative estimate of drug-likeness (QED) is 0.858. The smallest absolute Gasteiger partial charge is 0.0669 e. The molecule has 1 fully saturated rings. The lowest BCUT2D eigenvalue weighted by molar-refractivity contribution is 0.0959. The SMILES string of the molecule is N#C[C@H]1C[C@@H](CO)CN(Cc2ccccc2)C1. The van der Waals surface area contributed by atoms with E-state index < -0.39 is 0 Å². The van der Waals surface area contributed by atoms with E-state index in [4.69, 9.17) is 5.26 Å².